The molecule has 0 amide bonds. The van der Waals surface area contributed by atoms with E-state index in [4.69, 9.17) is 11.5 Å². The molecule has 0 rings (SSSR count). The average molecular weight is 197 g/mol. The van der Waals surface area contributed by atoms with E-state index >= 15 is 0 Å². The first-order valence-corrected chi connectivity index (χ1v) is 4.97. The van der Waals surface area contributed by atoms with Crippen molar-refractivity contribution in [1.82, 2.24) is 5.32 Å². The molecule has 0 aromatic rings. The van der Waals surface area contributed by atoms with Crippen molar-refractivity contribution in [3.8, 4) is 12.3 Å². The number of terminal acetylenes is 1. The fourth-order valence-corrected chi connectivity index (χ4v) is 1.21. The van der Waals surface area contributed by atoms with Crippen molar-refractivity contribution in [3.63, 3.8) is 0 Å². The molecule has 3 nitrogen and oxygen atoms in total. The van der Waals surface area contributed by atoms with Crippen LogP contribution in [0.2, 0.25) is 0 Å². The summed E-state index contributed by atoms with van der Waals surface area (Å²) in [6, 6.07) is -0.437. The molecular formula is C11H19NO2. The van der Waals surface area contributed by atoms with Crippen molar-refractivity contribution < 1.29 is 9.90 Å². The van der Waals surface area contributed by atoms with Gasteiger partial charge in [-0.15, -0.1) is 12.3 Å². The Kier molecular flexibility index (Phi) is 6.87. The lowest BCUT2D eigenvalue weighted by molar-refractivity contribution is -0.139. The molecule has 0 aromatic carbocycles. The van der Waals surface area contributed by atoms with Crippen molar-refractivity contribution in [3.05, 3.63) is 0 Å². The minimum absolute atomic E-state index is 0.385. The smallest absolute Gasteiger partial charge is 0.320 e. The normalized spacial score (nSPS) is 12.4. The van der Waals surface area contributed by atoms with Crippen LogP contribution in [0.15, 0.2) is 0 Å². The van der Waals surface area contributed by atoms with Gasteiger partial charge in [-0.3, -0.25) is 4.79 Å². The van der Waals surface area contributed by atoms with E-state index in [9.17, 15) is 4.79 Å². The number of hydrogen-bond acceptors (Lipinski definition) is 2. The van der Waals surface area contributed by atoms with Gasteiger partial charge in [0.1, 0.15) is 6.04 Å². The Hall–Kier alpha value is -1.01. The number of carboxylic acids is 1. The average Bonchev–Trinajstić information content (AvgIpc) is 2.09. The Bertz CT molecular complexity index is 206. The van der Waals surface area contributed by atoms with E-state index in [1.54, 1.807) is 0 Å². The van der Waals surface area contributed by atoms with Gasteiger partial charge in [-0.05, 0) is 25.3 Å². The molecule has 3 heteroatoms. The molecular weight excluding hydrogens is 178 g/mol. The van der Waals surface area contributed by atoms with Crippen LogP contribution in [0.4, 0.5) is 0 Å². The highest BCUT2D eigenvalue weighted by Gasteiger charge is 2.17. The van der Waals surface area contributed by atoms with Crippen LogP contribution in [0.1, 0.15) is 33.1 Å². The van der Waals surface area contributed by atoms with Crippen LogP contribution in [0, 0.1) is 18.3 Å². The van der Waals surface area contributed by atoms with Crippen LogP contribution in [-0.2, 0) is 4.79 Å². The van der Waals surface area contributed by atoms with Crippen LogP contribution in [-0.4, -0.2) is 23.7 Å². The monoisotopic (exact) mass is 197 g/mol. The minimum Gasteiger partial charge on any atom is -0.480 e. The van der Waals surface area contributed by atoms with E-state index in [0.717, 1.165) is 6.42 Å². The first-order valence-electron chi connectivity index (χ1n) is 4.97. The second-order valence-corrected chi connectivity index (χ2v) is 3.78. The Morgan fingerprint density at radius 3 is 2.64 bits per heavy atom. The molecule has 0 aliphatic carbocycles. The number of nitrogens with one attached hydrogen (secondary N) is 1. The van der Waals surface area contributed by atoms with Gasteiger partial charge in [0.05, 0.1) is 0 Å². The zero-order valence-corrected chi connectivity index (χ0v) is 8.92. The maximum atomic E-state index is 10.8. The SMILES string of the molecule is C#CCCCNC(CC(C)C)C(=O)O. The number of carbonyl (C=O) groups is 1. The maximum absolute atomic E-state index is 10.8. The van der Waals surface area contributed by atoms with Crippen LogP contribution in [0.25, 0.3) is 0 Å². The van der Waals surface area contributed by atoms with E-state index in [2.05, 4.69) is 11.2 Å². The molecule has 0 spiro atoms. The van der Waals surface area contributed by atoms with Gasteiger partial charge in [0.2, 0.25) is 0 Å². The maximum Gasteiger partial charge on any atom is 0.320 e. The van der Waals surface area contributed by atoms with Crippen LogP contribution in [0.3, 0.4) is 0 Å². The van der Waals surface area contributed by atoms with Gasteiger partial charge in [-0.25, -0.2) is 0 Å². The lowest BCUT2D eigenvalue weighted by Gasteiger charge is -2.15. The zero-order valence-electron chi connectivity index (χ0n) is 8.92. The third-order valence-corrected chi connectivity index (χ3v) is 1.89. The number of carboxylic acid groups (broad SMARTS) is 1. The predicted octanol–water partition coefficient (Wildman–Crippen LogP) is 1.49. The molecule has 2 N–H and O–H groups in total. The van der Waals surface area contributed by atoms with Gasteiger partial charge in [0, 0.05) is 6.42 Å². The summed E-state index contributed by atoms with van der Waals surface area (Å²) in [7, 11) is 0. The highest BCUT2D eigenvalue weighted by molar-refractivity contribution is 5.73. The van der Waals surface area contributed by atoms with Gasteiger partial charge in [-0.1, -0.05) is 13.8 Å². The first-order chi connectivity index (χ1) is 6.57. The van der Waals surface area contributed by atoms with E-state index in [0.29, 0.717) is 25.3 Å². The molecule has 0 radical (unpaired) electrons. The van der Waals surface area contributed by atoms with Gasteiger partial charge >= 0.3 is 5.97 Å². The summed E-state index contributed by atoms with van der Waals surface area (Å²) >= 11 is 0. The summed E-state index contributed by atoms with van der Waals surface area (Å²) in [4.78, 5) is 10.8. The number of unbranched alkanes of at least 4 members (excludes halogenated alkanes) is 1. The van der Waals surface area contributed by atoms with E-state index < -0.39 is 12.0 Å². The molecule has 0 saturated heterocycles. The van der Waals surface area contributed by atoms with Gasteiger partial charge < -0.3 is 10.4 Å². The Morgan fingerprint density at radius 1 is 1.57 bits per heavy atom. The Balaban J connectivity index is 3.75. The van der Waals surface area contributed by atoms with Gasteiger partial charge in [0.25, 0.3) is 0 Å². The Labute approximate surface area is 85.9 Å². The lowest BCUT2D eigenvalue weighted by atomic mass is 10.0. The predicted molar refractivity (Wildman–Crippen MR) is 56.9 cm³/mol. The van der Waals surface area contributed by atoms with E-state index in [1.165, 1.54) is 0 Å². The van der Waals surface area contributed by atoms with Crippen LogP contribution in [0.5, 0.6) is 0 Å². The van der Waals surface area contributed by atoms with Gasteiger partial charge in [0.15, 0.2) is 0 Å². The first kappa shape index (κ1) is 13.0. The molecule has 0 aliphatic rings. The van der Waals surface area contributed by atoms with Crippen molar-refractivity contribution in [2.24, 2.45) is 5.92 Å². The summed E-state index contributed by atoms with van der Waals surface area (Å²) in [5.41, 5.74) is 0. The molecule has 80 valence electrons. The second-order valence-electron chi connectivity index (χ2n) is 3.78. The number of aliphatic carboxylic acids is 1. The summed E-state index contributed by atoms with van der Waals surface area (Å²) in [5.74, 6) is 2.13. The van der Waals surface area contributed by atoms with Crippen molar-refractivity contribution in [2.75, 3.05) is 6.54 Å². The zero-order chi connectivity index (χ0) is 11.0. The fraction of sp³-hybridized carbons (Fsp3) is 0.727. The number of rotatable bonds is 7. The molecule has 0 saturated carbocycles. The highest BCUT2D eigenvalue weighted by atomic mass is 16.4. The third-order valence-electron chi connectivity index (χ3n) is 1.89. The summed E-state index contributed by atoms with van der Waals surface area (Å²) in [5, 5.41) is 11.9. The minimum atomic E-state index is -0.778. The molecule has 0 aromatic heterocycles. The molecule has 0 heterocycles. The summed E-state index contributed by atoms with van der Waals surface area (Å²) in [6.45, 7) is 4.70. The molecule has 0 aliphatic heterocycles. The summed E-state index contributed by atoms with van der Waals surface area (Å²) < 4.78 is 0. The van der Waals surface area contributed by atoms with Crippen molar-refractivity contribution >= 4 is 5.97 Å². The van der Waals surface area contributed by atoms with Crippen LogP contribution >= 0.6 is 0 Å². The fourth-order valence-electron chi connectivity index (χ4n) is 1.21. The van der Waals surface area contributed by atoms with Crippen molar-refractivity contribution in [1.29, 1.82) is 0 Å². The third kappa shape index (κ3) is 6.50. The largest absolute Gasteiger partial charge is 0.480 e. The topological polar surface area (TPSA) is 49.3 Å². The van der Waals surface area contributed by atoms with E-state index in [-0.39, 0.29) is 0 Å². The molecule has 0 bridgehead atoms. The number of hydrogen-bond donors (Lipinski definition) is 2. The van der Waals surface area contributed by atoms with Gasteiger partial charge in [-0.2, -0.15) is 0 Å². The standard InChI is InChI=1S/C11H19NO2/c1-4-5-6-7-12-10(11(13)14)8-9(2)3/h1,9-10,12H,5-8H2,2-3H3,(H,13,14). The highest BCUT2D eigenvalue weighted by Crippen LogP contribution is 2.04. The summed E-state index contributed by atoms with van der Waals surface area (Å²) in [6.07, 6.45) is 7.28. The second kappa shape index (κ2) is 7.40. The lowest BCUT2D eigenvalue weighted by Crippen LogP contribution is -2.38. The molecule has 1 unspecified atom stereocenters. The van der Waals surface area contributed by atoms with Crippen LogP contribution < -0.4 is 5.32 Å². The van der Waals surface area contributed by atoms with E-state index in [1.807, 2.05) is 13.8 Å². The Morgan fingerprint density at radius 2 is 2.21 bits per heavy atom. The quantitative estimate of drug-likeness (QED) is 0.480. The molecule has 14 heavy (non-hydrogen) atoms. The van der Waals surface area contributed by atoms with Crippen molar-refractivity contribution in [2.45, 2.75) is 39.2 Å². The molecule has 0 fully saturated rings. The molecule has 1 atom stereocenters.